The Morgan fingerprint density at radius 1 is 1.14 bits per heavy atom. The molecule has 0 aliphatic rings. The number of hydrogen-bond acceptors (Lipinski definition) is 4. The van der Waals surface area contributed by atoms with Crippen LogP contribution >= 0.6 is 0 Å². The lowest BCUT2D eigenvalue weighted by Gasteiger charge is -2.15. The number of nitrogens with one attached hydrogen (secondary N) is 2. The first-order valence-corrected chi connectivity index (χ1v) is 9.40. The lowest BCUT2D eigenvalue weighted by molar-refractivity contribution is -0.0505. The van der Waals surface area contributed by atoms with Gasteiger partial charge in [-0.15, -0.1) is 0 Å². The van der Waals surface area contributed by atoms with E-state index >= 15 is 0 Å². The molecule has 1 atom stereocenters. The summed E-state index contributed by atoms with van der Waals surface area (Å²) in [6, 6.07) is 14.1. The van der Waals surface area contributed by atoms with Crippen LogP contribution in [-0.2, 0) is 6.54 Å². The van der Waals surface area contributed by atoms with Gasteiger partial charge in [0, 0.05) is 24.7 Å². The third-order valence-electron chi connectivity index (χ3n) is 4.14. The Balaban J connectivity index is 1.99. The molecule has 0 saturated carbocycles. The number of alkyl halides is 2. The van der Waals surface area contributed by atoms with Gasteiger partial charge in [-0.05, 0) is 31.0 Å². The van der Waals surface area contributed by atoms with E-state index in [1.165, 1.54) is 13.2 Å². The van der Waals surface area contributed by atoms with Crippen LogP contribution in [0.15, 0.2) is 53.5 Å². The second-order valence-corrected chi connectivity index (χ2v) is 6.19. The van der Waals surface area contributed by atoms with E-state index < -0.39 is 12.7 Å². The molecule has 0 heterocycles. The maximum absolute atomic E-state index is 12.7. The summed E-state index contributed by atoms with van der Waals surface area (Å²) in [6.45, 7) is 0.258. The van der Waals surface area contributed by atoms with Gasteiger partial charge in [0.1, 0.15) is 11.5 Å². The van der Waals surface area contributed by atoms with Crippen molar-refractivity contribution in [3.63, 3.8) is 0 Å². The second kappa shape index (κ2) is 11.9. The minimum Gasteiger partial charge on any atom is -0.497 e. The highest BCUT2D eigenvalue weighted by molar-refractivity contribution is 5.79. The largest absolute Gasteiger partial charge is 0.497 e. The molecule has 158 valence electrons. The van der Waals surface area contributed by atoms with Gasteiger partial charge in [-0.3, -0.25) is 0 Å². The van der Waals surface area contributed by atoms with Gasteiger partial charge in [0.15, 0.2) is 5.96 Å². The highest BCUT2D eigenvalue weighted by atomic mass is 19.3. The van der Waals surface area contributed by atoms with Crippen LogP contribution in [0.1, 0.15) is 30.6 Å². The van der Waals surface area contributed by atoms with E-state index in [1.807, 2.05) is 37.3 Å². The van der Waals surface area contributed by atoms with Gasteiger partial charge in [0.05, 0.1) is 19.8 Å². The molecule has 2 aromatic rings. The Morgan fingerprint density at radius 2 is 1.90 bits per heavy atom. The number of hydrogen-bond donors (Lipinski definition) is 3. The number of ether oxygens (including phenoxy) is 2. The van der Waals surface area contributed by atoms with Gasteiger partial charge in [-0.2, -0.15) is 8.78 Å². The van der Waals surface area contributed by atoms with Crippen molar-refractivity contribution in [3.05, 3.63) is 59.7 Å². The molecule has 1 unspecified atom stereocenters. The first-order valence-electron chi connectivity index (χ1n) is 9.40. The highest BCUT2D eigenvalue weighted by Crippen LogP contribution is 2.27. The van der Waals surface area contributed by atoms with E-state index in [4.69, 9.17) is 4.74 Å². The van der Waals surface area contributed by atoms with Crippen molar-refractivity contribution in [2.75, 3.05) is 20.2 Å². The zero-order chi connectivity index (χ0) is 21.1. The second-order valence-electron chi connectivity index (χ2n) is 6.19. The monoisotopic (exact) mass is 407 g/mol. The summed E-state index contributed by atoms with van der Waals surface area (Å²) < 4.78 is 35.0. The molecule has 3 N–H and O–H groups in total. The van der Waals surface area contributed by atoms with Crippen molar-refractivity contribution in [2.24, 2.45) is 4.99 Å². The molecule has 6 nitrogen and oxygen atoms in total. The Labute approximate surface area is 169 Å². The number of nitrogens with zero attached hydrogens (tertiary/aromatic N) is 1. The predicted molar refractivity (Wildman–Crippen MR) is 108 cm³/mol. The molecule has 2 aromatic carbocycles. The quantitative estimate of drug-likeness (QED) is 0.415. The molecule has 2 rings (SSSR count). The molecule has 0 spiro atoms. The number of aliphatic hydroxyl groups is 1. The van der Waals surface area contributed by atoms with E-state index in [2.05, 4.69) is 20.4 Å². The molecule has 0 aliphatic heterocycles. The predicted octanol–water partition coefficient (Wildman–Crippen LogP) is 3.48. The van der Waals surface area contributed by atoms with Crippen LogP contribution in [0.2, 0.25) is 0 Å². The van der Waals surface area contributed by atoms with Crippen molar-refractivity contribution in [2.45, 2.75) is 32.6 Å². The van der Waals surface area contributed by atoms with Gasteiger partial charge >= 0.3 is 6.61 Å². The standard InChI is InChI=1S/C21H27F2N3O3/c1-3-24-21(25-12-11-18(27)15-7-5-4-6-8-15)26-14-16-9-10-17(28-2)13-19(16)29-20(22)23/h4-10,13,18,20,27H,3,11-12,14H2,1-2H3,(H2,24,25,26). The van der Waals surface area contributed by atoms with E-state index in [-0.39, 0.29) is 12.3 Å². The zero-order valence-electron chi connectivity index (χ0n) is 16.6. The maximum Gasteiger partial charge on any atom is 0.387 e. The van der Waals surface area contributed by atoms with Crippen LogP contribution < -0.4 is 20.1 Å². The molecule has 0 aromatic heterocycles. The van der Waals surface area contributed by atoms with Gasteiger partial charge in [0.25, 0.3) is 0 Å². The molecule has 0 aliphatic carbocycles. The van der Waals surface area contributed by atoms with Gasteiger partial charge < -0.3 is 25.2 Å². The van der Waals surface area contributed by atoms with Gasteiger partial charge in [-0.25, -0.2) is 4.99 Å². The first-order chi connectivity index (χ1) is 14.0. The summed E-state index contributed by atoms with van der Waals surface area (Å²) in [6.07, 6.45) is -0.0873. The molecule has 0 bridgehead atoms. The number of guanidine groups is 1. The summed E-state index contributed by atoms with van der Waals surface area (Å²) in [5.41, 5.74) is 1.36. The molecular weight excluding hydrogens is 380 g/mol. The molecule has 0 amide bonds. The Hall–Kier alpha value is -2.87. The number of halogens is 2. The van der Waals surface area contributed by atoms with E-state index in [0.717, 1.165) is 5.56 Å². The summed E-state index contributed by atoms with van der Waals surface area (Å²) in [5.74, 6) is 0.971. The maximum atomic E-state index is 12.7. The number of benzene rings is 2. The lowest BCUT2D eigenvalue weighted by atomic mass is 10.1. The number of aliphatic imine (C=N–C) groups is 1. The van der Waals surface area contributed by atoms with Gasteiger partial charge in [-0.1, -0.05) is 30.3 Å². The van der Waals surface area contributed by atoms with E-state index in [1.54, 1.807) is 12.1 Å². The van der Waals surface area contributed by atoms with Crippen LogP contribution in [0.5, 0.6) is 11.5 Å². The summed E-state index contributed by atoms with van der Waals surface area (Å²) >= 11 is 0. The molecule has 8 heteroatoms. The normalized spacial score (nSPS) is 12.6. The summed E-state index contributed by atoms with van der Waals surface area (Å²) in [4.78, 5) is 4.42. The minimum atomic E-state index is -2.93. The van der Waals surface area contributed by atoms with Crippen LogP contribution in [0.25, 0.3) is 0 Å². The van der Waals surface area contributed by atoms with Crippen molar-refractivity contribution in [1.29, 1.82) is 0 Å². The van der Waals surface area contributed by atoms with Crippen LogP contribution in [0.4, 0.5) is 8.78 Å². The van der Waals surface area contributed by atoms with E-state index in [9.17, 15) is 13.9 Å². The van der Waals surface area contributed by atoms with Crippen molar-refractivity contribution in [3.8, 4) is 11.5 Å². The molecule has 0 fully saturated rings. The third kappa shape index (κ3) is 7.57. The zero-order valence-corrected chi connectivity index (χ0v) is 16.6. The smallest absolute Gasteiger partial charge is 0.387 e. The Kier molecular flexibility index (Phi) is 9.17. The summed E-state index contributed by atoms with van der Waals surface area (Å²) in [5, 5.41) is 16.5. The highest BCUT2D eigenvalue weighted by Gasteiger charge is 2.12. The fraction of sp³-hybridized carbons (Fsp3) is 0.381. The fourth-order valence-electron chi connectivity index (χ4n) is 2.67. The van der Waals surface area contributed by atoms with Crippen LogP contribution in [0, 0.1) is 0 Å². The Morgan fingerprint density at radius 3 is 2.55 bits per heavy atom. The minimum absolute atomic E-state index is 0.0263. The SMILES string of the molecule is CCNC(=NCc1ccc(OC)cc1OC(F)F)NCCC(O)c1ccccc1. The van der Waals surface area contributed by atoms with Crippen molar-refractivity contribution >= 4 is 5.96 Å². The van der Waals surface area contributed by atoms with Crippen LogP contribution in [0.3, 0.4) is 0 Å². The lowest BCUT2D eigenvalue weighted by Crippen LogP contribution is -2.38. The molecular formula is C21H27F2N3O3. The van der Waals surface area contributed by atoms with Crippen molar-refractivity contribution < 1.29 is 23.4 Å². The topological polar surface area (TPSA) is 75.1 Å². The molecule has 0 radical (unpaired) electrons. The molecule has 29 heavy (non-hydrogen) atoms. The van der Waals surface area contributed by atoms with Gasteiger partial charge in [0.2, 0.25) is 0 Å². The fourth-order valence-corrected chi connectivity index (χ4v) is 2.67. The van der Waals surface area contributed by atoms with E-state index in [0.29, 0.717) is 36.8 Å². The van der Waals surface area contributed by atoms with Crippen LogP contribution in [-0.4, -0.2) is 37.9 Å². The number of rotatable bonds is 10. The Bertz CT molecular complexity index is 773. The molecule has 0 saturated heterocycles. The third-order valence-corrected chi connectivity index (χ3v) is 4.14. The van der Waals surface area contributed by atoms with Crippen molar-refractivity contribution in [1.82, 2.24) is 10.6 Å². The first kappa shape index (κ1) is 22.4. The number of aliphatic hydroxyl groups excluding tert-OH is 1. The number of methoxy groups -OCH3 is 1. The summed E-state index contributed by atoms with van der Waals surface area (Å²) in [7, 11) is 1.45. The average molecular weight is 407 g/mol. The average Bonchev–Trinajstić information content (AvgIpc) is 2.72.